The quantitative estimate of drug-likeness (QED) is 0.0261. The van der Waals surface area contributed by atoms with Crippen LogP contribution < -0.4 is 0 Å². The van der Waals surface area contributed by atoms with Crippen LogP contribution in [0.4, 0.5) is 0 Å². The summed E-state index contributed by atoms with van der Waals surface area (Å²) in [5.41, 5.74) is 0. The van der Waals surface area contributed by atoms with Crippen LogP contribution in [-0.2, 0) is 28.6 Å². The predicted octanol–water partition coefficient (Wildman–Crippen LogP) is 22.8. The predicted molar refractivity (Wildman–Crippen MR) is 343 cm³/mol. The number of hydrogen-bond acceptors (Lipinski definition) is 6. The van der Waals surface area contributed by atoms with E-state index in [1.807, 2.05) is 0 Å². The lowest BCUT2D eigenvalue weighted by atomic mass is 10.0. The molecule has 79 heavy (non-hydrogen) atoms. The van der Waals surface area contributed by atoms with E-state index in [4.69, 9.17) is 14.2 Å². The lowest BCUT2D eigenvalue weighted by molar-refractivity contribution is -0.167. The van der Waals surface area contributed by atoms with Crippen LogP contribution in [0.3, 0.4) is 0 Å². The fraction of sp³-hybridized carbons (Fsp3) is 0.685. The van der Waals surface area contributed by atoms with Crippen molar-refractivity contribution < 1.29 is 28.6 Å². The van der Waals surface area contributed by atoms with Crippen molar-refractivity contribution in [3.05, 3.63) is 122 Å². The molecule has 0 aromatic heterocycles. The van der Waals surface area contributed by atoms with Crippen molar-refractivity contribution in [3.8, 4) is 0 Å². The molecular weight excluding hydrogens is 973 g/mol. The highest BCUT2D eigenvalue weighted by Crippen LogP contribution is 2.16. The molecule has 1 atom stereocenters. The van der Waals surface area contributed by atoms with E-state index in [-0.39, 0.29) is 31.1 Å². The van der Waals surface area contributed by atoms with E-state index in [0.29, 0.717) is 19.3 Å². The smallest absolute Gasteiger partial charge is 0.306 e. The monoisotopic (exact) mass is 1090 g/mol. The van der Waals surface area contributed by atoms with Gasteiger partial charge in [-0.3, -0.25) is 14.4 Å². The molecule has 0 aliphatic carbocycles. The summed E-state index contributed by atoms with van der Waals surface area (Å²) in [4.78, 5) is 38.4. The van der Waals surface area contributed by atoms with Crippen molar-refractivity contribution in [1.29, 1.82) is 0 Å². The average molecular weight is 1100 g/mol. The summed E-state index contributed by atoms with van der Waals surface area (Å²) in [6.45, 7) is 6.40. The molecule has 0 aromatic rings. The summed E-state index contributed by atoms with van der Waals surface area (Å²) in [5.74, 6) is -0.920. The molecule has 6 nitrogen and oxygen atoms in total. The van der Waals surface area contributed by atoms with Gasteiger partial charge in [-0.1, -0.05) is 277 Å². The third-order valence-corrected chi connectivity index (χ3v) is 13.9. The van der Waals surface area contributed by atoms with Crippen molar-refractivity contribution in [1.82, 2.24) is 0 Å². The number of carbonyl (C=O) groups excluding carboxylic acids is 3. The maximum atomic E-state index is 12.9. The summed E-state index contributed by atoms with van der Waals surface area (Å²) < 4.78 is 16.9. The summed E-state index contributed by atoms with van der Waals surface area (Å²) >= 11 is 0. The zero-order valence-electron chi connectivity index (χ0n) is 51.6. The Morgan fingerprint density at radius 3 is 0.772 bits per heavy atom. The normalized spacial score (nSPS) is 12.9. The molecule has 1 unspecified atom stereocenters. The zero-order valence-corrected chi connectivity index (χ0v) is 51.6. The van der Waals surface area contributed by atoms with Crippen LogP contribution in [0.1, 0.15) is 303 Å². The van der Waals surface area contributed by atoms with E-state index in [1.165, 1.54) is 128 Å². The van der Waals surface area contributed by atoms with Gasteiger partial charge in [0.25, 0.3) is 0 Å². The van der Waals surface area contributed by atoms with Crippen molar-refractivity contribution in [2.24, 2.45) is 0 Å². The molecule has 0 saturated carbocycles. The molecule has 0 heterocycles. The van der Waals surface area contributed by atoms with Crippen LogP contribution >= 0.6 is 0 Å². The van der Waals surface area contributed by atoms with Crippen molar-refractivity contribution in [2.45, 2.75) is 309 Å². The Labute approximate surface area is 488 Å². The first-order valence-electron chi connectivity index (χ1n) is 33.0. The fourth-order valence-corrected chi connectivity index (χ4v) is 9.04. The molecule has 0 fully saturated rings. The third-order valence-electron chi connectivity index (χ3n) is 13.9. The highest BCUT2D eigenvalue weighted by atomic mass is 16.6. The number of unbranched alkanes of at least 4 members (excludes halogenated alkanes) is 28. The molecule has 0 bridgehead atoms. The van der Waals surface area contributed by atoms with Gasteiger partial charge in [0, 0.05) is 19.3 Å². The fourth-order valence-electron chi connectivity index (χ4n) is 9.04. The minimum Gasteiger partial charge on any atom is -0.462 e. The number of carbonyl (C=O) groups is 3. The van der Waals surface area contributed by atoms with E-state index in [2.05, 4.69) is 142 Å². The minimum atomic E-state index is -0.799. The van der Waals surface area contributed by atoms with Gasteiger partial charge in [-0.25, -0.2) is 0 Å². The van der Waals surface area contributed by atoms with Gasteiger partial charge in [0.05, 0.1) is 0 Å². The zero-order chi connectivity index (χ0) is 57.1. The SMILES string of the molecule is CC/C=C\C/C=C\C/C=C\C/C=C\CCCCCCCCCCC(=O)OC(COC(=O)CCCCCC/C=C\C/C=C\C/C=C\C/C=C\CC)COC(=O)CCCCCCCCCCCCC/C=C\C/C=C\CCCCCCC. The van der Waals surface area contributed by atoms with E-state index in [1.54, 1.807) is 0 Å². The molecule has 6 heteroatoms. The van der Waals surface area contributed by atoms with Gasteiger partial charge in [-0.05, 0) is 128 Å². The number of allylic oxidation sites excluding steroid dienone is 20. The lowest BCUT2D eigenvalue weighted by Gasteiger charge is -2.18. The van der Waals surface area contributed by atoms with E-state index >= 15 is 0 Å². The summed E-state index contributed by atoms with van der Waals surface area (Å²) in [5, 5.41) is 0. The highest BCUT2D eigenvalue weighted by Gasteiger charge is 2.19. The summed E-state index contributed by atoms with van der Waals surface area (Å²) in [7, 11) is 0. The van der Waals surface area contributed by atoms with Crippen molar-refractivity contribution in [2.75, 3.05) is 13.2 Å². The van der Waals surface area contributed by atoms with E-state index in [9.17, 15) is 14.4 Å². The molecule has 0 saturated heterocycles. The molecule has 0 spiro atoms. The number of ether oxygens (including phenoxy) is 3. The average Bonchev–Trinajstić information content (AvgIpc) is 3.45. The third kappa shape index (κ3) is 64.5. The Morgan fingerprint density at radius 1 is 0.266 bits per heavy atom. The maximum Gasteiger partial charge on any atom is 0.306 e. The second-order valence-corrected chi connectivity index (χ2v) is 21.6. The lowest BCUT2D eigenvalue weighted by Crippen LogP contribution is -2.30. The van der Waals surface area contributed by atoms with Crippen molar-refractivity contribution >= 4 is 17.9 Å². The second kappa shape index (κ2) is 66.3. The Hall–Kier alpha value is -4.19. The van der Waals surface area contributed by atoms with Gasteiger partial charge < -0.3 is 14.2 Å². The van der Waals surface area contributed by atoms with Gasteiger partial charge >= 0.3 is 17.9 Å². The van der Waals surface area contributed by atoms with Crippen LogP contribution in [-0.4, -0.2) is 37.2 Å². The molecule has 0 rings (SSSR count). The Balaban J connectivity index is 4.42. The summed E-state index contributed by atoms with van der Waals surface area (Å²) in [6, 6.07) is 0. The molecule has 450 valence electrons. The molecule has 0 aromatic carbocycles. The van der Waals surface area contributed by atoms with Gasteiger partial charge in [0.15, 0.2) is 6.10 Å². The van der Waals surface area contributed by atoms with Crippen molar-refractivity contribution in [3.63, 3.8) is 0 Å². The van der Waals surface area contributed by atoms with E-state index < -0.39 is 6.10 Å². The standard InChI is InChI=1S/C73H122O6/c1-4-7-10-13-16-19-22-25-28-31-33-35-36-38-39-42-45-48-51-54-57-60-63-66-72(75)78-69-70(68-77-71(74)65-62-59-56-53-50-47-44-41-30-27-24-21-18-15-12-9-6-3)79-73(76)67-64-61-58-55-52-49-46-43-40-37-34-32-29-26-23-20-17-14-11-8-5-2/h8-9,11-12,17-18,20-22,25-27,29-31,33-34,37,44,47,70H,4-7,10,13-16,19,23-24,28,32,35-36,38-43,45-46,48-69H2,1-3H3/b11-8-,12-9-,20-17-,21-18-,25-22-,29-26-,30-27-,33-31-,37-34-,47-44-. The maximum absolute atomic E-state index is 12.9. The van der Waals surface area contributed by atoms with Crippen LogP contribution in [0.2, 0.25) is 0 Å². The van der Waals surface area contributed by atoms with Crippen LogP contribution in [0.5, 0.6) is 0 Å². The topological polar surface area (TPSA) is 78.9 Å². The van der Waals surface area contributed by atoms with Gasteiger partial charge in [-0.15, -0.1) is 0 Å². The largest absolute Gasteiger partial charge is 0.462 e. The second-order valence-electron chi connectivity index (χ2n) is 21.6. The molecule has 0 aliphatic heterocycles. The molecule has 0 N–H and O–H groups in total. The van der Waals surface area contributed by atoms with Crippen LogP contribution in [0.25, 0.3) is 0 Å². The Kier molecular flexibility index (Phi) is 62.8. The number of rotatable bonds is 59. The van der Waals surface area contributed by atoms with Crippen LogP contribution in [0.15, 0.2) is 122 Å². The van der Waals surface area contributed by atoms with Gasteiger partial charge in [0.2, 0.25) is 0 Å². The number of esters is 3. The molecule has 0 amide bonds. The molecular formula is C73H122O6. The first-order chi connectivity index (χ1) is 39.0. The number of hydrogen-bond donors (Lipinski definition) is 0. The summed E-state index contributed by atoms with van der Waals surface area (Å²) in [6.07, 6.45) is 92.0. The minimum absolute atomic E-state index is 0.0922. The van der Waals surface area contributed by atoms with Crippen LogP contribution in [0, 0.1) is 0 Å². The Bertz CT molecular complexity index is 1640. The van der Waals surface area contributed by atoms with Gasteiger partial charge in [-0.2, -0.15) is 0 Å². The Morgan fingerprint density at radius 2 is 0.494 bits per heavy atom. The first kappa shape index (κ1) is 74.8. The first-order valence-corrected chi connectivity index (χ1v) is 33.0. The van der Waals surface area contributed by atoms with E-state index in [0.717, 1.165) is 135 Å². The highest BCUT2D eigenvalue weighted by molar-refractivity contribution is 5.71. The molecule has 0 aliphatic rings. The molecule has 0 radical (unpaired) electrons. The van der Waals surface area contributed by atoms with Gasteiger partial charge in [0.1, 0.15) is 13.2 Å².